The van der Waals surface area contributed by atoms with E-state index in [1.54, 1.807) is 6.07 Å². The SMILES string of the molecule is CC(CNC(C)c1ccc(Cl)cc1NC=O)c1cccc(Cl)c1. The molecular formula is C18H20Cl2N2O. The molecule has 0 spiro atoms. The summed E-state index contributed by atoms with van der Waals surface area (Å²) in [6, 6.07) is 13.5. The van der Waals surface area contributed by atoms with Crippen LogP contribution < -0.4 is 10.6 Å². The van der Waals surface area contributed by atoms with Gasteiger partial charge in [-0.3, -0.25) is 4.79 Å². The fraction of sp³-hybridized carbons (Fsp3) is 0.278. The first kappa shape index (κ1) is 17.8. The number of carbonyl (C=O) groups excluding carboxylic acids is 1. The van der Waals surface area contributed by atoms with E-state index in [1.807, 2.05) is 30.3 Å². The molecule has 0 aliphatic rings. The summed E-state index contributed by atoms with van der Waals surface area (Å²) in [4.78, 5) is 10.8. The van der Waals surface area contributed by atoms with Crippen LogP contribution in [-0.4, -0.2) is 13.0 Å². The smallest absolute Gasteiger partial charge is 0.211 e. The van der Waals surface area contributed by atoms with Gasteiger partial charge >= 0.3 is 0 Å². The third kappa shape index (κ3) is 4.96. The monoisotopic (exact) mass is 350 g/mol. The Bertz CT molecular complexity index is 676. The summed E-state index contributed by atoms with van der Waals surface area (Å²) in [5, 5.41) is 7.54. The van der Waals surface area contributed by atoms with Crippen LogP contribution in [0.5, 0.6) is 0 Å². The summed E-state index contributed by atoms with van der Waals surface area (Å²) in [7, 11) is 0. The van der Waals surface area contributed by atoms with E-state index >= 15 is 0 Å². The van der Waals surface area contributed by atoms with Crippen LogP contribution in [0.2, 0.25) is 10.0 Å². The van der Waals surface area contributed by atoms with Crippen LogP contribution in [-0.2, 0) is 4.79 Å². The van der Waals surface area contributed by atoms with Gasteiger partial charge in [0, 0.05) is 28.3 Å². The van der Waals surface area contributed by atoms with Crippen LogP contribution >= 0.6 is 23.2 Å². The lowest BCUT2D eigenvalue weighted by atomic mass is 10.00. The number of anilines is 1. The van der Waals surface area contributed by atoms with E-state index in [0.29, 0.717) is 17.4 Å². The molecule has 0 bridgehead atoms. The average molecular weight is 351 g/mol. The second-order valence-corrected chi connectivity index (χ2v) is 6.45. The third-order valence-electron chi connectivity index (χ3n) is 3.84. The highest BCUT2D eigenvalue weighted by atomic mass is 35.5. The number of rotatable bonds is 7. The fourth-order valence-corrected chi connectivity index (χ4v) is 2.86. The summed E-state index contributed by atoms with van der Waals surface area (Å²) >= 11 is 12.0. The Labute approximate surface area is 147 Å². The Morgan fingerprint density at radius 3 is 2.52 bits per heavy atom. The van der Waals surface area contributed by atoms with Crippen molar-refractivity contribution in [3.63, 3.8) is 0 Å². The molecule has 0 heterocycles. The largest absolute Gasteiger partial charge is 0.328 e. The molecule has 2 N–H and O–H groups in total. The Balaban J connectivity index is 2.04. The maximum atomic E-state index is 10.8. The molecule has 23 heavy (non-hydrogen) atoms. The lowest BCUT2D eigenvalue weighted by Crippen LogP contribution is -2.24. The van der Waals surface area contributed by atoms with Gasteiger partial charge < -0.3 is 10.6 Å². The fourth-order valence-electron chi connectivity index (χ4n) is 2.49. The zero-order valence-corrected chi connectivity index (χ0v) is 14.7. The van der Waals surface area contributed by atoms with Crippen molar-refractivity contribution in [3.8, 4) is 0 Å². The number of hydrogen-bond donors (Lipinski definition) is 2. The minimum atomic E-state index is 0.0800. The molecule has 2 aromatic carbocycles. The van der Waals surface area contributed by atoms with Crippen molar-refractivity contribution in [3.05, 3.63) is 63.6 Å². The molecule has 0 radical (unpaired) electrons. The minimum absolute atomic E-state index is 0.0800. The number of amides is 1. The van der Waals surface area contributed by atoms with Gasteiger partial charge in [-0.25, -0.2) is 0 Å². The number of carbonyl (C=O) groups is 1. The van der Waals surface area contributed by atoms with E-state index in [9.17, 15) is 4.79 Å². The molecule has 2 aromatic rings. The van der Waals surface area contributed by atoms with E-state index in [1.165, 1.54) is 5.56 Å². The summed E-state index contributed by atoms with van der Waals surface area (Å²) in [5.41, 5.74) is 2.92. The van der Waals surface area contributed by atoms with Gasteiger partial charge in [0.1, 0.15) is 0 Å². The van der Waals surface area contributed by atoms with Gasteiger partial charge in [0.15, 0.2) is 0 Å². The Morgan fingerprint density at radius 2 is 1.83 bits per heavy atom. The molecule has 1 amide bonds. The van der Waals surface area contributed by atoms with Gasteiger partial charge in [0.25, 0.3) is 0 Å². The maximum Gasteiger partial charge on any atom is 0.211 e. The highest BCUT2D eigenvalue weighted by molar-refractivity contribution is 6.31. The van der Waals surface area contributed by atoms with Gasteiger partial charge in [-0.1, -0.05) is 48.3 Å². The number of nitrogens with one attached hydrogen (secondary N) is 2. The predicted octanol–water partition coefficient (Wildman–Crippen LogP) is 5.02. The number of benzene rings is 2. The van der Waals surface area contributed by atoms with Crippen molar-refractivity contribution < 1.29 is 4.79 Å². The first-order valence-electron chi connectivity index (χ1n) is 7.49. The highest BCUT2D eigenvalue weighted by Crippen LogP contribution is 2.27. The first-order valence-corrected chi connectivity index (χ1v) is 8.25. The molecule has 0 saturated carbocycles. The lowest BCUT2D eigenvalue weighted by molar-refractivity contribution is -0.105. The Morgan fingerprint density at radius 1 is 1.09 bits per heavy atom. The van der Waals surface area contributed by atoms with E-state index in [-0.39, 0.29) is 6.04 Å². The standard InChI is InChI=1S/C18H20Cl2N2O/c1-12(14-4-3-5-15(19)8-14)10-21-13(2)17-7-6-16(20)9-18(17)22-11-23/h3-9,11-13,21H,10H2,1-2H3,(H,22,23). The predicted molar refractivity (Wildman–Crippen MR) is 97.4 cm³/mol. The average Bonchev–Trinajstić information content (AvgIpc) is 2.53. The molecule has 122 valence electrons. The molecule has 0 aromatic heterocycles. The first-order chi connectivity index (χ1) is 11.0. The molecular weight excluding hydrogens is 331 g/mol. The second kappa shape index (κ2) is 8.34. The number of halogens is 2. The van der Waals surface area contributed by atoms with E-state index < -0.39 is 0 Å². The normalized spacial score (nSPS) is 13.4. The molecule has 3 nitrogen and oxygen atoms in total. The number of hydrogen-bond acceptors (Lipinski definition) is 2. The van der Waals surface area contributed by atoms with Crippen molar-refractivity contribution in [2.45, 2.75) is 25.8 Å². The molecule has 2 rings (SSSR count). The van der Waals surface area contributed by atoms with Crippen LogP contribution in [0.25, 0.3) is 0 Å². The maximum absolute atomic E-state index is 10.8. The molecule has 0 aliphatic heterocycles. The van der Waals surface area contributed by atoms with Gasteiger partial charge in [-0.05, 0) is 48.2 Å². The van der Waals surface area contributed by atoms with Crippen LogP contribution in [0.15, 0.2) is 42.5 Å². The molecule has 0 saturated heterocycles. The molecule has 2 unspecified atom stereocenters. The quantitative estimate of drug-likeness (QED) is 0.688. The van der Waals surface area contributed by atoms with Crippen molar-refractivity contribution in [2.24, 2.45) is 0 Å². The van der Waals surface area contributed by atoms with Crippen LogP contribution in [0.1, 0.15) is 36.9 Å². The van der Waals surface area contributed by atoms with Crippen molar-refractivity contribution in [1.82, 2.24) is 5.32 Å². The summed E-state index contributed by atoms with van der Waals surface area (Å²) in [6.07, 6.45) is 0.663. The molecule has 5 heteroatoms. The lowest BCUT2D eigenvalue weighted by Gasteiger charge is -2.21. The highest BCUT2D eigenvalue weighted by Gasteiger charge is 2.13. The van der Waals surface area contributed by atoms with Crippen molar-refractivity contribution in [2.75, 3.05) is 11.9 Å². The van der Waals surface area contributed by atoms with Gasteiger partial charge in [0.2, 0.25) is 6.41 Å². The molecule has 0 aliphatic carbocycles. The zero-order chi connectivity index (χ0) is 16.8. The second-order valence-electron chi connectivity index (χ2n) is 5.58. The zero-order valence-electron chi connectivity index (χ0n) is 13.1. The Kier molecular flexibility index (Phi) is 6.46. The minimum Gasteiger partial charge on any atom is -0.328 e. The van der Waals surface area contributed by atoms with Gasteiger partial charge in [-0.2, -0.15) is 0 Å². The van der Waals surface area contributed by atoms with Crippen LogP contribution in [0.4, 0.5) is 5.69 Å². The van der Waals surface area contributed by atoms with E-state index in [2.05, 4.69) is 30.5 Å². The van der Waals surface area contributed by atoms with Gasteiger partial charge in [0.05, 0.1) is 0 Å². The van der Waals surface area contributed by atoms with Crippen molar-refractivity contribution in [1.29, 1.82) is 0 Å². The van der Waals surface area contributed by atoms with Crippen LogP contribution in [0, 0.1) is 0 Å². The summed E-state index contributed by atoms with van der Waals surface area (Å²) in [6.45, 7) is 5.01. The van der Waals surface area contributed by atoms with E-state index in [0.717, 1.165) is 22.8 Å². The third-order valence-corrected chi connectivity index (χ3v) is 4.31. The summed E-state index contributed by atoms with van der Waals surface area (Å²) in [5.74, 6) is 0.325. The molecule has 2 atom stereocenters. The van der Waals surface area contributed by atoms with Crippen molar-refractivity contribution >= 4 is 35.3 Å². The van der Waals surface area contributed by atoms with E-state index in [4.69, 9.17) is 23.2 Å². The topological polar surface area (TPSA) is 41.1 Å². The Hall–Kier alpha value is -1.55. The molecule has 0 fully saturated rings. The summed E-state index contributed by atoms with van der Waals surface area (Å²) < 4.78 is 0. The van der Waals surface area contributed by atoms with Gasteiger partial charge in [-0.15, -0.1) is 0 Å². The van der Waals surface area contributed by atoms with Crippen LogP contribution in [0.3, 0.4) is 0 Å².